The van der Waals surface area contributed by atoms with Gasteiger partial charge in [0.15, 0.2) is 0 Å². The van der Waals surface area contributed by atoms with Crippen LogP contribution in [0.2, 0.25) is 0 Å². The molecule has 0 amide bonds. The van der Waals surface area contributed by atoms with Crippen molar-refractivity contribution < 1.29 is 4.79 Å². The van der Waals surface area contributed by atoms with E-state index in [0.29, 0.717) is 5.88 Å². The van der Waals surface area contributed by atoms with Gasteiger partial charge in [0.2, 0.25) is 0 Å². The summed E-state index contributed by atoms with van der Waals surface area (Å²) in [6.07, 6.45) is 0.945. The van der Waals surface area contributed by atoms with Crippen molar-refractivity contribution in [3.8, 4) is 0 Å². The molecule has 0 radical (unpaired) electrons. The molecule has 0 aromatic heterocycles. The number of aldehydes is 1. The van der Waals surface area contributed by atoms with E-state index in [-0.39, 0.29) is 5.92 Å². The summed E-state index contributed by atoms with van der Waals surface area (Å²) in [5, 5.41) is 0. The van der Waals surface area contributed by atoms with Crippen LogP contribution in [0, 0.1) is 3.57 Å². The Morgan fingerprint density at radius 2 is 2.31 bits per heavy atom. The molecule has 0 saturated carbocycles. The van der Waals surface area contributed by atoms with Crippen LogP contribution in [0.1, 0.15) is 24.0 Å². The standard InChI is InChI=1S/C10H10ClIO/c1-7(6-13)8-2-3-10(12)9(4-8)5-11/h2-4,6-7H,5H2,1H3. The van der Waals surface area contributed by atoms with Gasteiger partial charge in [-0.15, -0.1) is 11.6 Å². The second-order valence-corrected chi connectivity index (χ2v) is 4.34. The Kier molecular flexibility index (Phi) is 4.19. The number of carbonyl (C=O) groups excluding carboxylic acids is 1. The molecule has 0 spiro atoms. The maximum absolute atomic E-state index is 10.6. The average Bonchev–Trinajstić information content (AvgIpc) is 2.17. The highest BCUT2D eigenvalue weighted by atomic mass is 127. The van der Waals surface area contributed by atoms with Gasteiger partial charge in [-0.2, -0.15) is 0 Å². The molecular weight excluding hydrogens is 298 g/mol. The van der Waals surface area contributed by atoms with Gasteiger partial charge in [-0.3, -0.25) is 0 Å². The minimum absolute atomic E-state index is 0.0426. The molecule has 0 aliphatic carbocycles. The van der Waals surface area contributed by atoms with Crippen molar-refractivity contribution in [2.75, 3.05) is 0 Å². The number of rotatable bonds is 3. The van der Waals surface area contributed by atoms with Crippen LogP contribution >= 0.6 is 34.2 Å². The van der Waals surface area contributed by atoms with Crippen LogP contribution < -0.4 is 0 Å². The van der Waals surface area contributed by atoms with Crippen LogP contribution in [0.25, 0.3) is 0 Å². The molecule has 1 unspecified atom stereocenters. The van der Waals surface area contributed by atoms with Gasteiger partial charge in [-0.1, -0.05) is 19.1 Å². The third kappa shape index (κ3) is 2.68. The van der Waals surface area contributed by atoms with Crippen LogP contribution in [0.15, 0.2) is 18.2 Å². The van der Waals surface area contributed by atoms with Crippen molar-refractivity contribution in [1.29, 1.82) is 0 Å². The third-order valence-electron chi connectivity index (χ3n) is 1.94. The Morgan fingerprint density at radius 1 is 1.62 bits per heavy atom. The summed E-state index contributed by atoms with van der Waals surface area (Å²) in [6.45, 7) is 1.88. The zero-order chi connectivity index (χ0) is 9.84. The van der Waals surface area contributed by atoms with Crippen LogP contribution in [-0.4, -0.2) is 6.29 Å². The Balaban J connectivity index is 3.05. The van der Waals surface area contributed by atoms with Crippen LogP contribution in [0.3, 0.4) is 0 Å². The lowest BCUT2D eigenvalue weighted by molar-refractivity contribution is -0.108. The van der Waals surface area contributed by atoms with E-state index in [9.17, 15) is 4.79 Å². The summed E-state index contributed by atoms with van der Waals surface area (Å²) in [5.41, 5.74) is 2.12. The van der Waals surface area contributed by atoms with Crippen LogP contribution in [-0.2, 0) is 10.7 Å². The van der Waals surface area contributed by atoms with E-state index in [2.05, 4.69) is 22.6 Å². The van der Waals surface area contributed by atoms with Crippen molar-refractivity contribution in [1.82, 2.24) is 0 Å². The number of alkyl halides is 1. The van der Waals surface area contributed by atoms with E-state index in [1.54, 1.807) is 0 Å². The van der Waals surface area contributed by atoms with E-state index >= 15 is 0 Å². The molecule has 3 heteroatoms. The van der Waals surface area contributed by atoms with E-state index in [0.717, 1.165) is 21.0 Å². The van der Waals surface area contributed by atoms with Crippen molar-refractivity contribution in [2.24, 2.45) is 0 Å². The molecule has 1 atom stereocenters. The largest absolute Gasteiger partial charge is 0.303 e. The summed E-state index contributed by atoms with van der Waals surface area (Å²) in [4.78, 5) is 10.6. The molecule has 0 aliphatic rings. The van der Waals surface area contributed by atoms with Crippen LogP contribution in [0.4, 0.5) is 0 Å². The zero-order valence-electron chi connectivity index (χ0n) is 7.26. The fourth-order valence-electron chi connectivity index (χ4n) is 1.06. The average molecular weight is 309 g/mol. The highest BCUT2D eigenvalue weighted by Crippen LogP contribution is 2.20. The highest BCUT2D eigenvalue weighted by Gasteiger charge is 2.06. The van der Waals surface area contributed by atoms with E-state index in [1.807, 2.05) is 25.1 Å². The molecule has 1 aromatic rings. The summed E-state index contributed by atoms with van der Waals surface area (Å²) in [5.74, 6) is 0.455. The summed E-state index contributed by atoms with van der Waals surface area (Å²) < 4.78 is 1.15. The first-order valence-corrected chi connectivity index (χ1v) is 5.60. The molecule has 13 heavy (non-hydrogen) atoms. The molecular formula is C10H10ClIO. The molecule has 0 aliphatic heterocycles. The number of hydrogen-bond donors (Lipinski definition) is 0. The Bertz CT molecular complexity index is 312. The van der Waals surface area contributed by atoms with Crippen molar-refractivity contribution in [3.63, 3.8) is 0 Å². The molecule has 0 fully saturated rings. The molecule has 0 heterocycles. The molecule has 1 aromatic carbocycles. The fraction of sp³-hybridized carbons (Fsp3) is 0.300. The third-order valence-corrected chi connectivity index (χ3v) is 3.28. The maximum Gasteiger partial charge on any atom is 0.127 e. The SMILES string of the molecule is CC(C=O)c1ccc(I)c(CCl)c1. The molecule has 0 N–H and O–H groups in total. The predicted octanol–water partition coefficient (Wildman–Crippen LogP) is 3.33. The quantitative estimate of drug-likeness (QED) is 0.475. The maximum atomic E-state index is 10.6. The first-order chi connectivity index (χ1) is 6.19. The van der Waals surface area contributed by atoms with Gasteiger partial charge in [0.05, 0.1) is 0 Å². The van der Waals surface area contributed by atoms with Gasteiger partial charge in [-0.25, -0.2) is 0 Å². The number of hydrogen-bond acceptors (Lipinski definition) is 1. The topological polar surface area (TPSA) is 17.1 Å². The van der Waals surface area contributed by atoms with Crippen LogP contribution in [0.5, 0.6) is 0 Å². The summed E-state index contributed by atoms with van der Waals surface area (Å²) >= 11 is 8.00. The lowest BCUT2D eigenvalue weighted by atomic mass is 10.0. The summed E-state index contributed by atoms with van der Waals surface area (Å²) in [7, 11) is 0. The first-order valence-electron chi connectivity index (χ1n) is 3.98. The molecule has 0 bridgehead atoms. The first kappa shape index (κ1) is 11.0. The Labute approximate surface area is 96.6 Å². The minimum Gasteiger partial charge on any atom is -0.303 e. The van der Waals surface area contributed by atoms with E-state index in [4.69, 9.17) is 11.6 Å². The Hall–Kier alpha value is -0.0900. The Morgan fingerprint density at radius 3 is 2.85 bits per heavy atom. The molecule has 0 saturated heterocycles. The zero-order valence-corrected chi connectivity index (χ0v) is 10.2. The van der Waals surface area contributed by atoms with Gasteiger partial charge < -0.3 is 4.79 Å². The lowest BCUT2D eigenvalue weighted by Gasteiger charge is -2.07. The van der Waals surface area contributed by atoms with Gasteiger partial charge in [0.1, 0.15) is 6.29 Å². The smallest absolute Gasteiger partial charge is 0.127 e. The van der Waals surface area contributed by atoms with E-state index < -0.39 is 0 Å². The molecule has 1 nitrogen and oxygen atoms in total. The minimum atomic E-state index is -0.0426. The second-order valence-electron chi connectivity index (χ2n) is 2.91. The number of carbonyl (C=O) groups is 1. The monoisotopic (exact) mass is 308 g/mol. The molecule has 70 valence electrons. The lowest BCUT2D eigenvalue weighted by Crippen LogP contribution is -1.96. The highest BCUT2D eigenvalue weighted by molar-refractivity contribution is 14.1. The van der Waals surface area contributed by atoms with Crippen molar-refractivity contribution in [2.45, 2.75) is 18.7 Å². The predicted molar refractivity (Wildman–Crippen MR) is 63.2 cm³/mol. The number of halogens is 2. The van der Waals surface area contributed by atoms with E-state index in [1.165, 1.54) is 0 Å². The van der Waals surface area contributed by atoms with Gasteiger partial charge in [-0.05, 0) is 39.8 Å². The second kappa shape index (κ2) is 4.96. The summed E-state index contributed by atoms with van der Waals surface area (Å²) in [6, 6.07) is 5.96. The van der Waals surface area contributed by atoms with Gasteiger partial charge >= 0.3 is 0 Å². The van der Waals surface area contributed by atoms with Crippen molar-refractivity contribution >= 4 is 40.5 Å². The normalized spacial score (nSPS) is 12.5. The van der Waals surface area contributed by atoms with Gasteiger partial charge in [0, 0.05) is 15.4 Å². The van der Waals surface area contributed by atoms with Crippen molar-refractivity contribution in [3.05, 3.63) is 32.9 Å². The fourth-order valence-corrected chi connectivity index (χ4v) is 2.03. The van der Waals surface area contributed by atoms with Gasteiger partial charge in [0.25, 0.3) is 0 Å². The molecule has 1 rings (SSSR count). The number of benzene rings is 1.